The Morgan fingerprint density at radius 2 is 1.16 bits per heavy atom. The van der Waals surface area contributed by atoms with Gasteiger partial charge < -0.3 is 0 Å². The van der Waals surface area contributed by atoms with Crippen molar-refractivity contribution in [1.82, 2.24) is 0 Å². The number of hydrogen-bond donors (Lipinski definition) is 0. The normalized spacial score (nSPS) is 32.8. The summed E-state index contributed by atoms with van der Waals surface area (Å²) in [7, 11) is 0. The summed E-state index contributed by atoms with van der Waals surface area (Å²) in [4.78, 5) is 0. The molecular weight excluding hydrogens is 372 g/mol. The van der Waals surface area contributed by atoms with E-state index < -0.39 is 0 Å². The van der Waals surface area contributed by atoms with Crippen molar-refractivity contribution < 1.29 is 0 Å². The third-order valence-corrected chi connectivity index (χ3v) is 9.45. The van der Waals surface area contributed by atoms with Crippen LogP contribution in [-0.4, -0.2) is 0 Å². The molecule has 31 heavy (non-hydrogen) atoms. The highest BCUT2D eigenvalue weighted by Gasteiger charge is 2.80. The molecule has 1 spiro atoms. The predicted octanol–water partition coefficient (Wildman–Crippen LogP) is 7.62. The van der Waals surface area contributed by atoms with Crippen molar-refractivity contribution in [3.63, 3.8) is 0 Å². The van der Waals surface area contributed by atoms with Crippen LogP contribution < -0.4 is 0 Å². The quantitative estimate of drug-likeness (QED) is 0.409. The number of hydrogen-bond acceptors (Lipinski definition) is 0. The zero-order chi connectivity index (χ0) is 21.3. The van der Waals surface area contributed by atoms with E-state index in [0.29, 0.717) is 16.2 Å². The summed E-state index contributed by atoms with van der Waals surface area (Å²) >= 11 is 0. The van der Waals surface area contributed by atoms with Gasteiger partial charge in [-0.25, -0.2) is 0 Å². The second kappa shape index (κ2) is 6.58. The van der Waals surface area contributed by atoms with Crippen LogP contribution in [0.3, 0.4) is 0 Å². The molecule has 3 aromatic rings. The molecule has 2 atom stereocenters. The van der Waals surface area contributed by atoms with Gasteiger partial charge in [0, 0.05) is 5.41 Å². The molecule has 4 fully saturated rings. The smallest absolute Gasteiger partial charge is 0.00240 e. The van der Waals surface area contributed by atoms with Gasteiger partial charge in [-0.1, -0.05) is 89.5 Å². The second-order valence-electron chi connectivity index (χ2n) is 11.2. The van der Waals surface area contributed by atoms with Crippen LogP contribution in [0.2, 0.25) is 0 Å². The molecule has 0 nitrogen and oxygen atoms in total. The molecule has 7 rings (SSSR count). The molecule has 2 unspecified atom stereocenters. The van der Waals surface area contributed by atoms with Gasteiger partial charge in [-0.2, -0.15) is 0 Å². The maximum Gasteiger partial charge on any atom is 0.00240 e. The molecule has 158 valence electrons. The number of benzene rings is 3. The van der Waals surface area contributed by atoms with E-state index in [2.05, 4.69) is 93.6 Å². The molecule has 0 aliphatic heterocycles. The van der Waals surface area contributed by atoms with E-state index in [0.717, 1.165) is 5.92 Å². The molecule has 4 aliphatic rings. The van der Waals surface area contributed by atoms with Crippen molar-refractivity contribution in [2.45, 2.75) is 70.1 Å². The topological polar surface area (TPSA) is 0 Å². The molecule has 0 heteroatoms. The molecule has 3 aromatic carbocycles. The molecule has 0 aromatic heterocycles. The van der Waals surface area contributed by atoms with Crippen LogP contribution in [0.1, 0.15) is 65.5 Å². The zero-order valence-electron chi connectivity index (χ0n) is 19.2. The highest BCUT2D eigenvalue weighted by Crippen LogP contribution is 2.86. The third kappa shape index (κ3) is 2.67. The average molecular weight is 407 g/mol. The summed E-state index contributed by atoms with van der Waals surface area (Å²) in [5.41, 5.74) is 10.2. The summed E-state index contributed by atoms with van der Waals surface area (Å²) < 4.78 is 0. The molecule has 0 heterocycles. The fourth-order valence-electron chi connectivity index (χ4n) is 7.88. The third-order valence-electron chi connectivity index (χ3n) is 9.45. The van der Waals surface area contributed by atoms with E-state index in [1.807, 2.05) is 0 Å². The summed E-state index contributed by atoms with van der Waals surface area (Å²) in [6, 6.07) is 28.3. The zero-order valence-corrected chi connectivity index (χ0v) is 19.2. The summed E-state index contributed by atoms with van der Waals surface area (Å²) in [5.74, 6) is 0.871. The molecule has 4 aliphatic carbocycles. The lowest BCUT2D eigenvalue weighted by Gasteiger charge is -2.65. The molecule has 2 bridgehead atoms. The predicted molar refractivity (Wildman–Crippen MR) is 130 cm³/mol. The van der Waals surface area contributed by atoms with Crippen molar-refractivity contribution in [1.29, 1.82) is 0 Å². The summed E-state index contributed by atoms with van der Waals surface area (Å²) in [5, 5.41) is 0. The first-order valence-electron chi connectivity index (χ1n) is 12.1. The van der Waals surface area contributed by atoms with Crippen LogP contribution in [0.15, 0.2) is 72.8 Å². The highest BCUT2D eigenvalue weighted by atomic mass is 14.8. The van der Waals surface area contributed by atoms with E-state index in [9.17, 15) is 0 Å². The molecule has 0 radical (unpaired) electrons. The second-order valence-corrected chi connectivity index (χ2v) is 11.2. The monoisotopic (exact) mass is 406 g/mol. The van der Waals surface area contributed by atoms with Gasteiger partial charge in [0.1, 0.15) is 0 Å². The van der Waals surface area contributed by atoms with Crippen molar-refractivity contribution in [2.24, 2.45) is 11.3 Å². The standard InChI is InChI=1S/C31H34/c1-22-4-10-25(11-5-22)12-17-28-18-30(27-15-8-24(3)9-16-27)19-29(20-31(28,30)21-29)26-13-6-23(2)7-14-26/h4-11,13-16,28H,12,17-21H2,1-3H3. The first-order valence-corrected chi connectivity index (χ1v) is 12.1. The van der Waals surface area contributed by atoms with Gasteiger partial charge in [0.2, 0.25) is 0 Å². The van der Waals surface area contributed by atoms with Crippen LogP contribution in [0.4, 0.5) is 0 Å². The van der Waals surface area contributed by atoms with Gasteiger partial charge in [0.05, 0.1) is 0 Å². The first-order chi connectivity index (χ1) is 14.9. The van der Waals surface area contributed by atoms with Gasteiger partial charge in [0.25, 0.3) is 0 Å². The Labute approximate surface area is 187 Å². The van der Waals surface area contributed by atoms with Crippen LogP contribution >= 0.6 is 0 Å². The largest absolute Gasteiger partial charge is 0.0591 e. The van der Waals surface area contributed by atoms with Crippen molar-refractivity contribution in [3.05, 3.63) is 106 Å². The van der Waals surface area contributed by atoms with E-state index in [1.165, 1.54) is 60.8 Å². The Kier molecular flexibility index (Phi) is 4.11. The summed E-state index contributed by atoms with van der Waals surface area (Å²) in [6.45, 7) is 6.60. The Balaban J connectivity index is 1.31. The molecule has 0 saturated heterocycles. The summed E-state index contributed by atoms with van der Waals surface area (Å²) in [6.07, 6.45) is 8.11. The SMILES string of the molecule is Cc1ccc(CCC2CC3(c4ccc(C)cc4)CC4(c5ccc(C)cc5)CC23C4)cc1. The molecular formula is C31H34. The van der Waals surface area contributed by atoms with Crippen molar-refractivity contribution in [2.75, 3.05) is 0 Å². The maximum absolute atomic E-state index is 2.46. The number of aryl methyl sites for hydroxylation is 4. The first kappa shape index (κ1) is 19.4. The van der Waals surface area contributed by atoms with Crippen molar-refractivity contribution in [3.8, 4) is 0 Å². The van der Waals surface area contributed by atoms with Crippen LogP contribution in [-0.2, 0) is 17.3 Å². The minimum atomic E-state index is 0.406. The van der Waals surface area contributed by atoms with Crippen LogP contribution in [0.5, 0.6) is 0 Å². The van der Waals surface area contributed by atoms with Gasteiger partial charge >= 0.3 is 0 Å². The Morgan fingerprint density at radius 3 is 1.74 bits per heavy atom. The lowest BCUT2D eigenvalue weighted by atomic mass is 9.38. The maximum atomic E-state index is 2.46. The van der Waals surface area contributed by atoms with Crippen molar-refractivity contribution >= 4 is 0 Å². The Hall–Kier alpha value is -2.34. The van der Waals surface area contributed by atoms with Gasteiger partial charge in [0.15, 0.2) is 0 Å². The molecule has 0 amide bonds. The minimum absolute atomic E-state index is 0.406. The highest BCUT2D eigenvalue weighted by molar-refractivity contribution is 5.50. The average Bonchev–Trinajstić information content (AvgIpc) is 3.10. The number of rotatable bonds is 5. The lowest BCUT2D eigenvalue weighted by molar-refractivity contribution is -0.103. The minimum Gasteiger partial charge on any atom is -0.0591 e. The Bertz CT molecular complexity index is 1090. The van der Waals surface area contributed by atoms with E-state index in [-0.39, 0.29) is 0 Å². The van der Waals surface area contributed by atoms with Gasteiger partial charge in [-0.05, 0) is 92.7 Å². The lowest BCUT2D eigenvalue weighted by Crippen LogP contribution is -2.60. The molecule has 0 N–H and O–H groups in total. The van der Waals surface area contributed by atoms with Crippen LogP contribution in [0.25, 0.3) is 0 Å². The fraction of sp³-hybridized carbons (Fsp3) is 0.419. The van der Waals surface area contributed by atoms with E-state index >= 15 is 0 Å². The van der Waals surface area contributed by atoms with E-state index in [4.69, 9.17) is 0 Å². The van der Waals surface area contributed by atoms with Gasteiger partial charge in [-0.15, -0.1) is 0 Å². The fourth-order valence-corrected chi connectivity index (χ4v) is 7.88. The van der Waals surface area contributed by atoms with Crippen LogP contribution in [0, 0.1) is 32.1 Å². The van der Waals surface area contributed by atoms with Gasteiger partial charge in [-0.3, -0.25) is 0 Å². The van der Waals surface area contributed by atoms with E-state index in [1.54, 1.807) is 11.1 Å². The molecule has 4 saturated carbocycles. The Morgan fingerprint density at radius 1 is 0.645 bits per heavy atom.